The highest BCUT2D eigenvalue weighted by Crippen LogP contribution is 2.32. The lowest BCUT2D eigenvalue weighted by atomic mass is 10.0. The van der Waals surface area contributed by atoms with Crippen LogP contribution in [0.5, 0.6) is 0 Å². The summed E-state index contributed by atoms with van der Waals surface area (Å²) in [5.41, 5.74) is 16.6. The standard InChI is InChI=1S/C25H30N2O4S.C23H26N2O4S.C23H26N2O2.C21H22N2O2/c1-6-18-8-9-20(15-23(18)32(5,29)30)19-10-12-21(13-11-19)27-16-22(25(28)31-7-2)26-24(27)14-17(3)4;1-5-16-6-7-18(13-21(16)30(4,28)29)17-8-10-19(11-9-17)25-14-20(23(26)27)24-22(25)12-15(2)3;1-5-27-23(26)21-15-25(22(24-21)13-16(2)3)20-11-9-18(10-12-20)19-8-6-7-17(4)14-19;1-14(2)11-20-22-19(21(24)25)13-23(20)18-9-7-16(8-10-18)17-6-4-5-15(3)12-17/h8-13,15-17H,6-7,14H2,1-5H3;6-11,13-15H,5,12H2,1-4H3,(H,26,27);6-12,14-16H,5,13H2,1-4H3;4-10,12-14H,11H2,1-3H3,(H,24,25). The van der Waals surface area contributed by atoms with E-state index in [2.05, 4.69) is 168 Å². The molecule has 0 unspecified atom stereocenters. The number of esters is 2. The molecule has 0 aliphatic rings. The number of carboxylic acids is 2. The number of sulfone groups is 2. The molecular formula is C92H104N8O12S2. The van der Waals surface area contributed by atoms with Crippen LogP contribution in [0.25, 0.3) is 67.3 Å². The molecule has 0 aliphatic carbocycles. The maximum atomic E-state index is 12.2. The van der Waals surface area contributed by atoms with Crippen molar-refractivity contribution in [3.05, 3.63) is 275 Å². The topological polar surface area (TPSA) is 267 Å². The molecule has 596 valence electrons. The quantitative estimate of drug-likeness (QED) is 0.0477. The molecule has 22 heteroatoms. The molecule has 0 amide bonds. The van der Waals surface area contributed by atoms with Crippen LogP contribution in [-0.4, -0.2) is 115 Å². The highest BCUT2D eigenvalue weighted by molar-refractivity contribution is 7.91. The van der Waals surface area contributed by atoms with Crippen LogP contribution in [-0.2, 0) is 67.7 Å². The summed E-state index contributed by atoms with van der Waals surface area (Å²) in [5.74, 6) is 1.81. The van der Waals surface area contributed by atoms with E-state index >= 15 is 0 Å². The Morgan fingerprint density at radius 3 is 0.825 bits per heavy atom. The van der Waals surface area contributed by atoms with Gasteiger partial charge in [0.25, 0.3) is 0 Å². The molecule has 12 rings (SSSR count). The predicted octanol–water partition coefficient (Wildman–Crippen LogP) is 19.2. The van der Waals surface area contributed by atoms with Crippen LogP contribution in [0.3, 0.4) is 0 Å². The number of benzene rings is 8. The van der Waals surface area contributed by atoms with Crippen LogP contribution in [0.2, 0.25) is 0 Å². The van der Waals surface area contributed by atoms with Crippen molar-refractivity contribution in [2.75, 3.05) is 25.7 Å². The summed E-state index contributed by atoms with van der Waals surface area (Å²) in [6.07, 6.45) is 13.3. The number of nitrogens with zero attached hydrogens (tertiary/aromatic N) is 8. The Kier molecular flexibility index (Phi) is 29.4. The van der Waals surface area contributed by atoms with Gasteiger partial charge in [-0.3, -0.25) is 0 Å². The summed E-state index contributed by atoms with van der Waals surface area (Å²) in [5, 5.41) is 18.6. The molecule has 0 aliphatic heterocycles. The Hall–Kier alpha value is -11.6. The molecule has 0 saturated carbocycles. The molecule has 114 heavy (non-hydrogen) atoms. The third kappa shape index (κ3) is 22.8. The van der Waals surface area contributed by atoms with Crippen LogP contribution >= 0.6 is 0 Å². The number of carbonyl (C=O) groups excluding carboxylic acids is 2. The third-order valence-electron chi connectivity index (χ3n) is 18.5. The molecule has 0 radical (unpaired) electrons. The Morgan fingerprint density at radius 1 is 0.351 bits per heavy atom. The van der Waals surface area contributed by atoms with E-state index in [1.54, 1.807) is 49.1 Å². The minimum absolute atomic E-state index is 0.0164. The van der Waals surface area contributed by atoms with E-state index in [9.17, 15) is 46.2 Å². The van der Waals surface area contributed by atoms with Gasteiger partial charge in [0.2, 0.25) is 0 Å². The number of rotatable bonds is 26. The number of hydrogen-bond donors (Lipinski definition) is 2. The second-order valence-electron chi connectivity index (χ2n) is 29.9. The minimum Gasteiger partial charge on any atom is -0.476 e. The zero-order valence-electron chi connectivity index (χ0n) is 68.0. The first-order valence-corrected chi connectivity index (χ1v) is 42.3. The first-order chi connectivity index (χ1) is 54.1. The number of aromatic carboxylic acids is 2. The number of carboxylic acid groups (broad SMARTS) is 2. The summed E-state index contributed by atoms with van der Waals surface area (Å²) < 4.78 is 66.6. The summed E-state index contributed by atoms with van der Waals surface area (Å²) in [6.45, 7) is 29.1. The molecule has 0 atom stereocenters. The summed E-state index contributed by atoms with van der Waals surface area (Å²) in [7, 11) is -6.63. The van der Waals surface area contributed by atoms with Crippen LogP contribution < -0.4 is 0 Å². The smallest absolute Gasteiger partial charge is 0.358 e. The fourth-order valence-electron chi connectivity index (χ4n) is 13.1. The number of imidazole rings is 4. The Balaban J connectivity index is 0.000000175. The number of ether oxygens (including phenoxy) is 2. The van der Waals surface area contributed by atoms with Crippen LogP contribution in [0.4, 0.5) is 0 Å². The highest BCUT2D eigenvalue weighted by Gasteiger charge is 2.23. The van der Waals surface area contributed by atoms with Crippen LogP contribution in [0.15, 0.2) is 217 Å². The van der Waals surface area contributed by atoms with Crippen LogP contribution in [0.1, 0.15) is 171 Å². The molecule has 2 N–H and O–H groups in total. The molecule has 0 spiro atoms. The van der Waals surface area contributed by atoms with Crippen molar-refractivity contribution in [2.45, 2.75) is 145 Å². The summed E-state index contributed by atoms with van der Waals surface area (Å²) in [6, 6.07) is 59.7. The van der Waals surface area contributed by atoms with E-state index in [0.717, 1.165) is 98.4 Å². The molecule has 8 aromatic carbocycles. The number of hydrogen-bond acceptors (Lipinski definition) is 14. The maximum Gasteiger partial charge on any atom is 0.358 e. The van der Waals surface area contributed by atoms with Gasteiger partial charge < -0.3 is 38.0 Å². The summed E-state index contributed by atoms with van der Waals surface area (Å²) in [4.78, 5) is 65.2. The summed E-state index contributed by atoms with van der Waals surface area (Å²) >= 11 is 0. The Morgan fingerprint density at radius 2 is 0.596 bits per heavy atom. The second-order valence-corrected chi connectivity index (χ2v) is 33.9. The largest absolute Gasteiger partial charge is 0.476 e. The number of aromatic nitrogens is 8. The van der Waals surface area contributed by atoms with Crippen molar-refractivity contribution in [1.29, 1.82) is 0 Å². The van der Waals surface area contributed by atoms with Gasteiger partial charge >= 0.3 is 23.9 Å². The van der Waals surface area contributed by atoms with E-state index in [0.29, 0.717) is 83.2 Å². The Labute approximate surface area is 670 Å². The van der Waals surface area contributed by atoms with Gasteiger partial charge in [0.15, 0.2) is 42.5 Å². The molecule has 12 aromatic rings. The fourth-order valence-corrected chi connectivity index (χ4v) is 15.1. The molecule has 4 heterocycles. The van der Waals surface area contributed by atoms with Crippen molar-refractivity contribution in [3.63, 3.8) is 0 Å². The lowest BCUT2D eigenvalue weighted by Crippen LogP contribution is -2.05. The lowest BCUT2D eigenvalue weighted by Gasteiger charge is -2.12. The second kappa shape index (κ2) is 38.7. The van der Waals surface area contributed by atoms with Crippen molar-refractivity contribution < 1.29 is 55.7 Å². The first kappa shape index (κ1) is 86.4. The average molecular weight is 1580 g/mol. The zero-order chi connectivity index (χ0) is 82.9. The van der Waals surface area contributed by atoms with E-state index in [-0.39, 0.29) is 17.4 Å². The van der Waals surface area contributed by atoms with Gasteiger partial charge in [-0.15, -0.1) is 0 Å². The molecule has 4 aromatic heterocycles. The molecule has 0 bridgehead atoms. The van der Waals surface area contributed by atoms with E-state index in [1.807, 2.05) is 119 Å². The first-order valence-electron chi connectivity index (χ1n) is 38.5. The number of aryl methyl sites for hydroxylation is 4. The van der Waals surface area contributed by atoms with Gasteiger partial charge in [-0.1, -0.05) is 202 Å². The number of carbonyl (C=O) groups is 4. The van der Waals surface area contributed by atoms with Gasteiger partial charge in [-0.05, 0) is 181 Å². The normalized spacial score (nSPS) is 11.4. The maximum absolute atomic E-state index is 12.2. The third-order valence-corrected chi connectivity index (χ3v) is 20.9. The molecule has 0 fully saturated rings. The van der Waals surface area contributed by atoms with Crippen molar-refractivity contribution >= 4 is 43.6 Å². The molecule has 20 nitrogen and oxygen atoms in total. The van der Waals surface area contributed by atoms with Crippen molar-refractivity contribution in [2.24, 2.45) is 23.7 Å². The highest BCUT2D eigenvalue weighted by atomic mass is 32.2. The zero-order valence-corrected chi connectivity index (χ0v) is 69.6. The van der Waals surface area contributed by atoms with E-state index in [4.69, 9.17) is 9.47 Å². The monoisotopic (exact) mass is 1580 g/mol. The molecule has 0 saturated heterocycles. The van der Waals surface area contributed by atoms with Gasteiger partial charge in [-0.2, -0.15) is 0 Å². The van der Waals surface area contributed by atoms with Crippen molar-refractivity contribution in [3.8, 4) is 67.3 Å². The lowest BCUT2D eigenvalue weighted by molar-refractivity contribution is 0.0510. The van der Waals surface area contributed by atoms with Gasteiger partial charge in [-0.25, -0.2) is 55.9 Å². The van der Waals surface area contributed by atoms with Crippen molar-refractivity contribution in [1.82, 2.24) is 38.2 Å². The fraction of sp³-hybridized carbons (Fsp3) is 0.304. The van der Waals surface area contributed by atoms with Gasteiger partial charge in [0.1, 0.15) is 23.3 Å². The van der Waals surface area contributed by atoms with Crippen LogP contribution in [0, 0.1) is 37.5 Å². The van der Waals surface area contributed by atoms with Gasteiger partial charge in [0.05, 0.1) is 23.0 Å². The Bertz CT molecular complexity index is 5580. The van der Waals surface area contributed by atoms with Gasteiger partial charge in [0, 0.05) is 85.7 Å². The van der Waals surface area contributed by atoms with E-state index in [1.165, 1.54) is 46.5 Å². The predicted molar refractivity (Wildman–Crippen MR) is 450 cm³/mol. The SMILES string of the molecule is CCOC(=O)c1cn(-c2ccc(-c3ccc(CC)c(S(C)(=O)=O)c3)cc2)c(CC(C)C)n1.CCOC(=O)c1cn(-c2ccc(-c3cccc(C)c3)cc2)c(CC(C)C)n1.CCc1ccc(-c2ccc(-n3cc(C(=O)O)nc3CC(C)C)cc2)cc1S(C)(=O)=O.Cc1cccc(-c2ccc(-n3cc(C(=O)O)nc3CC(C)C)cc2)c1. The van der Waals surface area contributed by atoms with E-state index < -0.39 is 37.6 Å². The minimum atomic E-state index is -3.32. The molecular weight excluding hydrogens is 1470 g/mol. The average Bonchev–Trinajstić information content (AvgIpc) is 1.65.